The molecule has 6 nitrogen and oxygen atoms in total. The van der Waals surface area contributed by atoms with Crippen LogP contribution in [0.4, 0.5) is 0 Å². The number of aliphatic imine (C=N–C) groups is 1. The molecule has 24 heavy (non-hydrogen) atoms. The summed E-state index contributed by atoms with van der Waals surface area (Å²) in [4.78, 5) is 21.0. The molecule has 2 saturated heterocycles. The average Bonchev–Trinajstić information content (AvgIpc) is 3.18. The van der Waals surface area contributed by atoms with Crippen molar-refractivity contribution in [2.24, 2.45) is 10.4 Å². The number of guanidine groups is 1. The number of nitrogens with zero attached hydrogens (tertiary/aromatic N) is 3. The Labute approximate surface area is 163 Å². The first-order valence-corrected chi connectivity index (χ1v) is 9.03. The molecule has 0 aromatic heterocycles. The van der Waals surface area contributed by atoms with Crippen molar-refractivity contribution < 1.29 is 9.53 Å². The fourth-order valence-corrected chi connectivity index (χ4v) is 3.50. The zero-order valence-electron chi connectivity index (χ0n) is 15.3. The van der Waals surface area contributed by atoms with E-state index in [1.54, 1.807) is 0 Å². The summed E-state index contributed by atoms with van der Waals surface area (Å²) in [6.45, 7) is 12.9. The van der Waals surface area contributed by atoms with Gasteiger partial charge in [0.15, 0.2) is 5.96 Å². The number of rotatable bonds is 6. The van der Waals surface area contributed by atoms with Gasteiger partial charge in [0.05, 0.1) is 13.2 Å². The second kappa shape index (κ2) is 10.4. The SMILES string of the molecule is CCNC(=NCCC(=O)N(CC)CC)N1CCC2(CCOC2)C1.I. The van der Waals surface area contributed by atoms with E-state index in [4.69, 9.17) is 4.74 Å². The summed E-state index contributed by atoms with van der Waals surface area (Å²) in [5, 5.41) is 3.37. The summed E-state index contributed by atoms with van der Waals surface area (Å²) in [6, 6.07) is 0. The average molecular weight is 452 g/mol. The van der Waals surface area contributed by atoms with Crippen LogP contribution in [0.1, 0.15) is 40.0 Å². The number of carbonyl (C=O) groups excluding carboxylic acids is 1. The topological polar surface area (TPSA) is 57.2 Å². The highest BCUT2D eigenvalue weighted by molar-refractivity contribution is 14.0. The van der Waals surface area contributed by atoms with Gasteiger partial charge in [-0.1, -0.05) is 0 Å². The lowest BCUT2D eigenvalue weighted by molar-refractivity contribution is -0.130. The normalized spacial score (nSPS) is 23.5. The van der Waals surface area contributed by atoms with Gasteiger partial charge in [0, 0.05) is 51.2 Å². The van der Waals surface area contributed by atoms with E-state index in [1.165, 1.54) is 6.42 Å². The number of carbonyl (C=O) groups is 1. The molecule has 0 aromatic carbocycles. The second-order valence-electron chi connectivity index (χ2n) is 6.53. The highest BCUT2D eigenvalue weighted by Gasteiger charge is 2.42. The number of hydrogen-bond acceptors (Lipinski definition) is 3. The van der Waals surface area contributed by atoms with Crippen molar-refractivity contribution in [3.63, 3.8) is 0 Å². The van der Waals surface area contributed by atoms with Crippen LogP contribution in [0.2, 0.25) is 0 Å². The standard InChI is InChI=1S/C17H32N4O2.HI/c1-4-18-16(19-10-7-15(22)20(5-2)6-3)21-11-8-17(13-21)9-12-23-14-17;/h4-14H2,1-3H3,(H,18,19);1H. The van der Waals surface area contributed by atoms with Gasteiger partial charge in [-0.3, -0.25) is 9.79 Å². The number of ether oxygens (including phenoxy) is 1. The fraction of sp³-hybridized carbons (Fsp3) is 0.882. The van der Waals surface area contributed by atoms with Gasteiger partial charge in [-0.15, -0.1) is 24.0 Å². The van der Waals surface area contributed by atoms with Crippen molar-refractivity contribution in [3.8, 4) is 0 Å². The molecule has 7 heteroatoms. The lowest BCUT2D eigenvalue weighted by Gasteiger charge is -2.25. The van der Waals surface area contributed by atoms with Crippen molar-refractivity contribution in [3.05, 3.63) is 0 Å². The summed E-state index contributed by atoms with van der Waals surface area (Å²) >= 11 is 0. The summed E-state index contributed by atoms with van der Waals surface area (Å²) in [6.07, 6.45) is 2.82. The summed E-state index contributed by atoms with van der Waals surface area (Å²) in [7, 11) is 0. The van der Waals surface area contributed by atoms with Crippen LogP contribution in [0.5, 0.6) is 0 Å². The van der Waals surface area contributed by atoms with E-state index in [-0.39, 0.29) is 29.9 Å². The molecule has 2 aliphatic rings. The number of hydrogen-bond donors (Lipinski definition) is 1. The zero-order valence-corrected chi connectivity index (χ0v) is 17.7. The van der Waals surface area contributed by atoms with E-state index in [0.29, 0.717) is 18.4 Å². The Hall–Kier alpha value is -0.570. The molecule has 2 rings (SSSR count). The highest BCUT2D eigenvalue weighted by Crippen LogP contribution is 2.38. The van der Waals surface area contributed by atoms with Crippen LogP contribution < -0.4 is 5.32 Å². The van der Waals surface area contributed by atoms with Crippen LogP contribution in [-0.4, -0.2) is 74.1 Å². The third kappa shape index (κ3) is 5.47. The van der Waals surface area contributed by atoms with Gasteiger partial charge in [0.1, 0.15) is 0 Å². The Bertz CT molecular complexity index is 421. The van der Waals surface area contributed by atoms with Crippen LogP contribution in [-0.2, 0) is 9.53 Å². The maximum absolute atomic E-state index is 12.1. The van der Waals surface area contributed by atoms with Crippen molar-refractivity contribution >= 4 is 35.8 Å². The molecule has 1 atom stereocenters. The molecule has 0 radical (unpaired) electrons. The lowest BCUT2D eigenvalue weighted by atomic mass is 9.87. The van der Waals surface area contributed by atoms with Crippen LogP contribution in [0.15, 0.2) is 4.99 Å². The van der Waals surface area contributed by atoms with Gasteiger partial charge >= 0.3 is 0 Å². The van der Waals surface area contributed by atoms with E-state index in [0.717, 1.165) is 58.3 Å². The largest absolute Gasteiger partial charge is 0.381 e. The first-order chi connectivity index (χ1) is 11.1. The molecule has 1 spiro atoms. The zero-order chi connectivity index (χ0) is 16.7. The molecule has 0 saturated carbocycles. The number of likely N-dealkylation sites (tertiary alicyclic amines) is 1. The Morgan fingerprint density at radius 1 is 1.29 bits per heavy atom. The van der Waals surface area contributed by atoms with Gasteiger partial charge < -0.3 is 19.9 Å². The van der Waals surface area contributed by atoms with Crippen molar-refractivity contribution in [2.75, 3.05) is 52.5 Å². The number of halogens is 1. The van der Waals surface area contributed by atoms with Crippen LogP contribution in [0.3, 0.4) is 0 Å². The van der Waals surface area contributed by atoms with Gasteiger partial charge in [-0.05, 0) is 33.6 Å². The predicted molar refractivity (Wildman–Crippen MR) is 108 cm³/mol. The maximum Gasteiger partial charge on any atom is 0.224 e. The number of nitrogens with one attached hydrogen (secondary N) is 1. The van der Waals surface area contributed by atoms with E-state index >= 15 is 0 Å². The predicted octanol–water partition coefficient (Wildman–Crippen LogP) is 1.94. The molecule has 2 fully saturated rings. The maximum atomic E-state index is 12.1. The van der Waals surface area contributed by atoms with Crippen molar-refractivity contribution in [1.29, 1.82) is 0 Å². The molecule has 0 aromatic rings. The Morgan fingerprint density at radius 3 is 2.62 bits per heavy atom. The van der Waals surface area contributed by atoms with Crippen LogP contribution >= 0.6 is 24.0 Å². The molecular weight excluding hydrogens is 419 g/mol. The molecule has 0 bridgehead atoms. The molecule has 1 amide bonds. The van der Waals surface area contributed by atoms with E-state index in [2.05, 4.69) is 22.1 Å². The minimum atomic E-state index is 0. The molecule has 2 heterocycles. The monoisotopic (exact) mass is 452 g/mol. The van der Waals surface area contributed by atoms with Gasteiger partial charge in [-0.25, -0.2) is 0 Å². The first-order valence-electron chi connectivity index (χ1n) is 9.03. The minimum Gasteiger partial charge on any atom is -0.381 e. The third-order valence-electron chi connectivity index (χ3n) is 4.96. The summed E-state index contributed by atoms with van der Waals surface area (Å²) in [5.74, 6) is 1.14. The van der Waals surface area contributed by atoms with Gasteiger partial charge in [0.25, 0.3) is 0 Å². The molecular formula is C17H33IN4O2. The molecule has 140 valence electrons. The molecule has 1 unspecified atom stereocenters. The summed E-state index contributed by atoms with van der Waals surface area (Å²) < 4.78 is 5.60. The van der Waals surface area contributed by atoms with Crippen molar-refractivity contribution in [2.45, 2.75) is 40.0 Å². The molecule has 0 aliphatic carbocycles. The first kappa shape index (κ1) is 21.5. The van der Waals surface area contributed by atoms with Crippen LogP contribution in [0.25, 0.3) is 0 Å². The number of amides is 1. The van der Waals surface area contributed by atoms with Gasteiger partial charge in [0.2, 0.25) is 5.91 Å². The van der Waals surface area contributed by atoms with Crippen LogP contribution in [0, 0.1) is 5.41 Å². The van der Waals surface area contributed by atoms with E-state index < -0.39 is 0 Å². The third-order valence-corrected chi connectivity index (χ3v) is 4.96. The fourth-order valence-electron chi connectivity index (χ4n) is 3.50. The highest BCUT2D eigenvalue weighted by atomic mass is 127. The molecule has 1 N–H and O–H groups in total. The van der Waals surface area contributed by atoms with E-state index in [9.17, 15) is 4.79 Å². The Morgan fingerprint density at radius 2 is 2.04 bits per heavy atom. The van der Waals surface area contributed by atoms with E-state index in [1.807, 2.05) is 18.7 Å². The van der Waals surface area contributed by atoms with Crippen molar-refractivity contribution in [1.82, 2.24) is 15.1 Å². The Kier molecular flexibility index (Phi) is 9.33. The quantitative estimate of drug-likeness (QED) is 0.380. The second-order valence-corrected chi connectivity index (χ2v) is 6.53. The smallest absolute Gasteiger partial charge is 0.224 e. The summed E-state index contributed by atoms with van der Waals surface area (Å²) in [5.41, 5.74) is 0.327. The lowest BCUT2D eigenvalue weighted by Crippen LogP contribution is -2.41. The molecule has 2 aliphatic heterocycles. The van der Waals surface area contributed by atoms with Gasteiger partial charge in [-0.2, -0.15) is 0 Å². The minimum absolute atomic E-state index is 0. The Balaban J connectivity index is 0.00000288.